The molecule has 2 N–H and O–H groups in total. The summed E-state index contributed by atoms with van der Waals surface area (Å²) in [7, 11) is 0. The molecule has 0 aliphatic heterocycles. The largest absolute Gasteiger partial charge is 0.452 e. The second-order valence-corrected chi connectivity index (χ2v) is 8.73. The number of carbonyl (C=O) groups is 3. The van der Waals surface area contributed by atoms with Gasteiger partial charge in [-0.25, -0.2) is 4.79 Å². The number of amides is 2. The van der Waals surface area contributed by atoms with Crippen molar-refractivity contribution >= 4 is 35.2 Å². The van der Waals surface area contributed by atoms with E-state index in [0.29, 0.717) is 22.7 Å². The van der Waals surface area contributed by atoms with Crippen LogP contribution in [0.25, 0.3) is 0 Å². The zero-order chi connectivity index (χ0) is 25.0. The van der Waals surface area contributed by atoms with Gasteiger partial charge in [0.25, 0.3) is 5.91 Å². The average Bonchev–Trinajstić information content (AvgIpc) is 2.90. The average molecular weight is 488 g/mol. The Morgan fingerprint density at radius 3 is 2.49 bits per heavy atom. The fourth-order valence-electron chi connectivity index (χ4n) is 3.19. The van der Waals surface area contributed by atoms with Gasteiger partial charge in [-0.1, -0.05) is 55.5 Å². The number of carbonyl (C=O) groups excluding carboxylic acids is 3. The van der Waals surface area contributed by atoms with Crippen LogP contribution in [0.3, 0.4) is 0 Å². The lowest BCUT2D eigenvalue weighted by atomic mass is 10.0. The summed E-state index contributed by atoms with van der Waals surface area (Å²) in [6.07, 6.45) is 0. The molecule has 3 aromatic carbocycles. The third-order valence-electron chi connectivity index (χ3n) is 5.05. The van der Waals surface area contributed by atoms with Crippen LogP contribution in [0.2, 0.25) is 0 Å². The maximum absolute atomic E-state index is 12.6. The van der Waals surface area contributed by atoms with Crippen molar-refractivity contribution in [2.45, 2.75) is 17.7 Å². The van der Waals surface area contributed by atoms with Gasteiger partial charge in [0.2, 0.25) is 5.91 Å². The Bertz CT molecular complexity index is 1220. The highest BCUT2D eigenvalue weighted by Gasteiger charge is 2.16. The van der Waals surface area contributed by atoms with Gasteiger partial charge in [-0.15, -0.1) is 11.8 Å². The van der Waals surface area contributed by atoms with Gasteiger partial charge >= 0.3 is 5.97 Å². The highest BCUT2D eigenvalue weighted by Crippen LogP contribution is 2.24. The van der Waals surface area contributed by atoms with Crippen molar-refractivity contribution < 1.29 is 19.1 Å². The van der Waals surface area contributed by atoms with Crippen LogP contribution in [0, 0.1) is 11.3 Å². The minimum Gasteiger partial charge on any atom is -0.452 e. The number of nitriles is 1. The lowest BCUT2D eigenvalue weighted by molar-refractivity contribution is -0.124. The van der Waals surface area contributed by atoms with E-state index in [2.05, 4.69) is 10.6 Å². The second kappa shape index (κ2) is 13.0. The molecule has 0 fully saturated rings. The first-order valence-corrected chi connectivity index (χ1v) is 12.0. The molecule has 0 saturated carbocycles. The first kappa shape index (κ1) is 25.5. The molecule has 0 aromatic heterocycles. The van der Waals surface area contributed by atoms with Gasteiger partial charge in [-0.2, -0.15) is 5.26 Å². The molecule has 35 heavy (non-hydrogen) atoms. The van der Waals surface area contributed by atoms with Crippen molar-refractivity contribution in [1.82, 2.24) is 5.32 Å². The van der Waals surface area contributed by atoms with Crippen LogP contribution < -0.4 is 10.6 Å². The van der Waals surface area contributed by atoms with Crippen molar-refractivity contribution in [3.63, 3.8) is 0 Å². The van der Waals surface area contributed by atoms with Gasteiger partial charge in [0.15, 0.2) is 6.61 Å². The van der Waals surface area contributed by atoms with Crippen molar-refractivity contribution in [2.24, 2.45) is 0 Å². The third-order valence-corrected chi connectivity index (χ3v) is 6.12. The molecule has 0 bridgehead atoms. The van der Waals surface area contributed by atoms with E-state index < -0.39 is 12.6 Å². The van der Waals surface area contributed by atoms with Gasteiger partial charge in [-0.05, 0) is 41.8 Å². The molecule has 178 valence electrons. The Balaban J connectivity index is 1.48. The number of esters is 1. The summed E-state index contributed by atoms with van der Waals surface area (Å²) < 4.78 is 5.20. The van der Waals surface area contributed by atoms with E-state index in [4.69, 9.17) is 10.00 Å². The summed E-state index contributed by atoms with van der Waals surface area (Å²) >= 11 is 1.18. The third kappa shape index (κ3) is 8.02. The smallest absolute Gasteiger partial charge is 0.339 e. The van der Waals surface area contributed by atoms with E-state index in [0.717, 1.165) is 5.56 Å². The number of hydrogen-bond acceptors (Lipinski definition) is 6. The van der Waals surface area contributed by atoms with Crippen LogP contribution in [-0.4, -0.2) is 36.7 Å². The van der Waals surface area contributed by atoms with Gasteiger partial charge in [-0.3, -0.25) is 9.59 Å². The number of rotatable bonds is 10. The Morgan fingerprint density at radius 2 is 1.71 bits per heavy atom. The maximum Gasteiger partial charge on any atom is 0.339 e. The molecule has 1 unspecified atom stereocenters. The van der Waals surface area contributed by atoms with Crippen molar-refractivity contribution in [3.05, 3.63) is 95.6 Å². The molecule has 0 aliphatic rings. The Morgan fingerprint density at radius 1 is 0.971 bits per heavy atom. The monoisotopic (exact) mass is 487 g/mol. The number of hydrogen-bond donors (Lipinski definition) is 2. The standard InChI is InChI=1S/C27H25N3O4S/c1-19(21-9-3-2-4-10-21)16-29-25(31)17-34-27(33)23-12-5-6-13-24(23)35-18-26(32)30-22-11-7-8-20(14-22)15-28/h2-14,19H,16-18H2,1H3,(H,29,31)(H,30,32). The number of anilines is 1. The summed E-state index contributed by atoms with van der Waals surface area (Å²) in [5, 5.41) is 14.5. The topological polar surface area (TPSA) is 108 Å². The lowest BCUT2D eigenvalue weighted by Crippen LogP contribution is -2.31. The number of benzene rings is 3. The second-order valence-electron chi connectivity index (χ2n) is 7.72. The fourth-order valence-corrected chi connectivity index (χ4v) is 4.03. The molecule has 8 heteroatoms. The number of thioether (sulfide) groups is 1. The van der Waals surface area contributed by atoms with E-state index in [1.807, 2.05) is 43.3 Å². The first-order chi connectivity index (χ1) is 17.0. The van der Waals surface area contributed by atoms with Gasteiger partial charge in [0.05, 0.1) is 22.9 Å². The Hall–Kier alpha value is -4.09. The molecule has 7 nitrogen and oxygen atoms in total. The number of nitrogens with zero attached hydrogens (tertiary/aromatic N) is 1. The number of nitrogens with one attached hydrogen (secondary N) is 2. The van der Waals surface area contributed by atoms with E-state index in [-0.39, 0.29) is 29.0 Å². The molecule has 0 saturated heterocycles. The van der Waals surface area contributed by atoms with E-state index in [1.54, 1.807) is 48.5 Å². The van der Waals surface area contributed by atoms with Gasteiger partial charge in [0, 0.05) is 17.1 Å². The van der Waals surface area contributed by atoms with Crippen LogP contribution >= 0.6 is 11.8 Å². The summed E-state index contributed by atoms with van der Waals surface area (Å²) in [6, 6.07) is 25.2. The normalized spacial score (nSPS) is 11.1. The zero-order valence-electron chi connectivity index (χ0n) is 19.2. The molecule has 2 amide bonds. The molecule has 0 heterocycles. The molecular weight excluding hydrogens is 462 g/mol. The SMILES string of the molecule is CC(CNC(=O)COC(=O)c1ccccc1SCC(=O)Nc1cccc(C#N)c1)c1ccccc1. The lowest BCUT2D eigenvalue weighted by Gasteiger charge is -2.13. The van der Waals surface area contributed by atoms with Crippen LogP contribution in [-0.2, 0) is 14.3 Å². The molecule has 0 radical (unpaired) electrons. The molecular formula is C27H25N3O4S. The number of ether oxygens (including phenoxy) is 1. The maximum atomic E-state index is 12.6. The van der Waals surface area contributed by atoms with E-state index >= 15 is 0 Å². The van der Waals surface area contributed by atoms with E-state index in [9.17, 15) is 14.4 Å². The highest BCUT2D eigenvalue weighted by molar-refractivity contribution is 8.00. The molecule has 0 aliphatic carbocycles. The molecule has 3 rings (SSSR count). The predicted molar refractivity (Wildman–Crippen MR) is 135 cm³/mol. The quantitative estimate of drug-likeness (QED) is 0.325. The summed E-state index contributed by atoms with van der Waals surface area (Å²) in [5.41, 5.74) is 2.36. The van der Waals surface area contributed by atoms with Crippen molar-refractivity contribution in [3.8, 4) is 6.07 Å². The molecule has 1 atom stereocenters. The molecule has 0 spiro atoms. The van der Waals surface area contributed by atoms with E-state index in [1.165, 1.54) is 11.8 Å². The van der Waals surface area contributed by atoms with Crippen molar-refractivity contribution in [2.75, 3.05) is 24.2 Å². The Kier molecular flexibility index (Phi) is 9.46. The predicted octanol–water partition coefficient (Wildman–Crippen LogP) is 4.37. The van der Waals surface area contributed by atoms with Crippen LogP contribution in [0.5, 0.6) is 0 Å². The highest BCUT2D eigenvalue weighted by atomic mass is 32.2. The van der Waals surface area contributed by atoms with Crippen LogP contribution in [0.4, 0.5) is 5.69 Å². The summed E-state index contributed by atoms with van der Waals surface area (Å²) in [6.45, 7) is 2.04. The van der Waals surface area contributed by atoms with Gasteiger partial charge < -0.3 is 15.4 Å². The van der Waals surface area contributed by atoms with Gasteiger partial charge in [0.1, 0.15) is 0 Å². The van der Waals surface area contributed by atoms with Crippen molar-refractivity contribution in [1.29, 1.82) is 5.26 Å². The van der Waals surface area contributed by atoms with Crippen LogP contribution in [0.1, 0.15) is 34.3 Å². The minimum atomic E-state index is -0.638. The van der Waals surface area contributed by atoms with Crippen LogP contribution in [0.15, 0.2) is 83.8 Å². The molecule has 3 aromatic rings. The first-order valence-electron chi connectivity index (χ1n) is 11.0. The zero-order valence-corrected chi connectivity index (χ0v) is 20.0. The summed E-state index contributed by atoms with van der Waals surface area (Å²) in [4.78, 5) is 37.6. The Labute approximate surface area is 208 Å². The summed E-state index contributed by atoms with van der Waals surface area (Å²) in [5.74, 6) is -1.12. The minimum absolute atomic E-state index is 0.0545. The fraction of sp³-hybridized carbons (Fsp3) is 0.185.